The number of esters is 1. The fourth-order valence-corrected chi connectivity index (χ4v) is 1.12. The Hall–Kier alpha value is -3.43. The monoisotopic (exact) mass is 326 g/mol. The second-order valence-electron chi connectivity index (χ2n) is 3.76. The Kier molecular flexibility index (Phi) is 8.78. The lowest BCUT2D eigenvalue weighted by molar-refractivity contribution is -0.138. The smallest absolute Gasteiger partial charge is 0.449 e. The van der Waals surface area contributed by atoms with Gasteiger partial charge in [-0.3, -0.25) is 15.0 Å². The van der Waals surface area contributed by atoms with E-state index in [-0.39, 0.29) is 12.3 Å². The van der Waals surface area contributed by atoms with Gasteiger partial charge in [0.2, 0.25) is 5.91 Å². The number of nitrogens with one attached hydrogen (secondary N) is 1. The van der Waals surface area contributed by atoms with Crippen molar-refractivity contribution in [1.82, 2.24) is 0 Å². The highest BCUT2D eigenvalue weighted by molar-refractivity contribution is 5.92. The molecule has 0 spiro atoms. The highest BCUT2D eigenvalue weighted by Gasteiger charge is 2.11. The molecular weight excluding hydrogens is 312 g/mol. The van der Waals surface area contributed by atoms with Crippen molar-refractivity contribution in [2.75, 3.05) is 0 Å². The van der Waals surface area contributed by atoms with Gasteiger partial charge in [-0.15, -0.1) is 0 Å². The summed E-state index contributed by atoms with van der Waals surface area (Å²) in [4.78, 5) is 40.6. The van der Waals surface area contributed by atoms with Crippen LogP contribution in [0.25, 0.3) is 0 Å². The molecule has 0 aliphatic heterocycles. The maximum absolute atomic E-state index is 10.5. The standard InChI is InChI=1S/C7H7NO.C6H7NO7/c8-7(9)6-4-2-1-3-5-6;7-3(13-5(9)10)1-2-4(8)14-6(11)12/h1-5H,(H2,8,9);7H,1-2H2,(H,9,10)(H,11,12). The number of nitrogens with two attached hydrogens (primary N) is 1. The molecule has 10 heteroatoms. The molecule has 10 nitrogen and oxygen atoms in total. The molecule has 0 saturated heterocycles. The molecular formula is C13H14N2O8. The molecule has 1 aromatic carbocycles. The summed E-state index contributed by atoms with van der Waals surface area (Å²) in [5.74, 6) is -2.10. The van der Waals surface area contributed by atoms with Crippen LogP contribution in [0.4, 0.5) is 9.59 Å². The third-order valence-electron chi connectivity index (χ3n) is 2.03. The van der Waals surface area contributed by atoms with Crippen LogP contribution < -0.4 is 5.73 Å². The summed E-state index contributed by atoms with van der Waals surface area (Å²) in [7, 11) is 0. The molecule has 0 aromatic heterocycles. The van der Waals surface area contributed by atoms with E-state index in [2.05, 4.69) is 9.47 Å². The van der Waals surface area contributed by atoms with E-state index >= 15 is 0 Å². The summed E-state index contributed by atoms with van der Waals surface area (Å²) in [6.07, 6.45) is -4.18. The van der Waals surface area contributed by atoms with Gasteiger partial charge in [-0.25, -0.2) is 9.59 Å². The fraction of sp³-hybridized carbons (Fsp3) is 0.154. The van der Waals surface area contributed by atoms with E-state index in [0.717, 1.165) is 0 Å². The van der Waals surface area contributed by atoms with Gasteiger partial charge in [0.05, 0.1) is 6.42 Å². The summed E-state index contributed by atoms with van der Waals surface area (Å²) < 4.78 is 7.53. The highest BCUT2D eigenvalue weighted by Crippen LogP contribution is 1.97. The third kappa shape index (κ3) is 11.0. The van der Waals surface area contributed by atoms with Crippen molar-refractivity contribution in [3.8, 4) is 0 Å². The Balaban J connectivity index is 0.000000459. The van der Waals surface area contributed by atoms with Gasteiger partial charge >= 0.3 is 18.3 Å². The zero-order chi connectivity index (χ0) is 17.8. The van der Waals surface area contributed by atoms with Crippen molar-refractivity contribution in [3.63, 3.8) is 0 Å². The molecule has 0 aliphatic rings. The number of amides is 1. The quantitative estimate of drug-likeness (QED) is 0.278. The molecule has 0 atom stereocenters. The molecule has 0 unspecified atom stereocenters. The second-order valence-corrected chi connectivity index (χ2v) is 3.76. The molecule has 0 heterocycles. The molecule has 0 radical (unpaired) electrons. The first-order valence-corrected chi connectivity index (χ1v) is 5.99. The zero-order valence-corrected chi connectivity index (χ0v) is 11.7. The maximum Gasteiger partial charge on any atom is 0.513 e. The number of carbonyl (C=O) groups is 4. The van der Waals surface area contributed by atoms with E-state index in [1.54, 1.807) is 24.3 Å². The van der Waals surface area contributed by atoms with Gasteiger partial charge in [-0.2, -0.15) is 0 Å². The van der Waals surface area contributed by atoms with E-state index in [1.165, 1.54) is 0 Å². The molecule has 0 aliphatic carbocycles. The lowest BCUT2D eigenvalue weighted by Gasteiger charge is -2.00. The number of rotatable bonds is 4. The molecule has 1 amide bonds. The van der Waals surface area contributed by atoms with E-state index < -0.39 is 30.6 Å². The SMILES string of the molecule is N=C(CCC(=O)OC(=O)O)OC(=O)O.NC(=O)c1ccccc1. The van der Waals surface area contributed by atoms with Gasteiger partial charge in [0, 0.05) is 12.0 Å². The molecule has 0 saturated carbocycles. The van der Waals surface area contributed by atoms with Crippen LogP contribution in [0.3, 0.4) is 0 Å². The highest BCUT2D eigenvalue weighted by atomic mass is 16.7. The molecule has 124 valence electrons. The lowest BCUT2D eigenvalue weighted by Crippen LogP contribution is -2.14. The van der Waals surface area contributed by atoms with Crippen LogP contribution in [0.1, 0.15) is 23.2 Å². The summed E-state index contributed by atoms with van der Waals surface area (Å²) in [6.45, 7) is 0. The van der Waals surface area contributed by atoms with Crippen LogP contribution in [0.2, 0.25) is 0 Å². The lowest BCUT2D eigenvalue weighted by atomic mass is 10.2. The van der Waals surface area contributed by atoms with Crippen molar-refractivity contribution >= 4 is 30.1 Å². The number of hydrogen-bond acceptors (Lipinski definition) is 7. The normalized spacial score (nSPS) is 8.87. The molecule has 0 fully saturated rings. The van der Waals surface area contributed by atoms with Gasteiger partial charge in [-0.05, 0) is 12.1 Å². The molecule has 23 heavy (non-hydrogen) atoms. The van der Waals surface area contributed by atoms with Crippen LogP contribution in [0.5, 0.6) is 0 Å². The number of benzene rings is 1. The van der Waals surface area contributed by atoms with Crippen LogP contribution in [-0.4, -0.2) is 40.3 Å². The molecule has 0 bridgehead atoms. The van der Waals surface area contributed by atoms with E-state index in [9.17, 15) is 19.2 Å². The number of primary amides is 1. The number of hydrogen-bond donors (Lipinski definition) is 4. The van der Waals surface area contributed by atoms with Crippen molar-refractivity contribution in [2.45, 2.75) is 12.8 Å². The number of ether oxygens (including phenoxy) is 2. The fourth-order valence-electron chi connectivity index (χ4n) is 1.12. The first kappa shape index (κ1) is 19.6. The van der Waals surface area contributed by atoms with Crippen LogP contribution in [-0.2, 0) is 14.3 Å². The number of carboxylic acid groups (broad SMARTS) is 2. The predicted molar refractivity (Wildman–Crippen MR) is 75.1 cm³/mol. The van der Waals surface area contributed by atoms with Gasteiger partial charge in [0.15, 0.2) is 5.90 Å². The van der Waals surface area contributed by atoms with E-state index in [1.807, 2.05) is 6.07 Å². The minimum Gasteiger partial charge on any atom is -0.449 e. The number of carbonyl (C=O) groups excluding carboxylic acids is 2. The van der Waals surface area contributed by atoms with Gasteiger partial charge in [0.1, 0.15) is 0 Å². The summed E-state index contributed by atoms with van der Waals surface area (Å²) in [5.41, 5.74) is 5.53. The third-order valence-corrected chi connectivity index (χ3v) is 2.03. The van der Waals surface area contributed by atoms with Crippen LogP contribution in [0.15, 0.2) is 30.3 Å². The topological polar surface area (TPSA) is 177 Å². The summed E-state index contributed by atoms with van der Waals surface area (Å²) >= 11 is 0. The van der Waals surface area contributed by atoms with Crippen molar-refractivity contribution < 1.29 is 38.9 Å². The Morgan fingerprint density at radius 1 is 0.957 bits per heavy atom. The van der Waals surface area contributed by atoms with E-state index in [4.69, 9.17) is 21.4 Å². The first-order valence-electron chi connectivity index (χ1n) is 5.99. The van der Waals surface area contributed by atoms with Crippen LogP contribution in [0, 0.1) is 5.41 Å². The molecule has 1 rings (SSSR count). The first-order chi connectivity index (χ1) is 10.7. The Bertz CT molecular complexity index is 557. The summed E-state index contributed by atoms with van der Waals surface area (Å²) in [6, 6.07) is 8.76. The molecule has 5 N–H and O–H groups in total. The predicted octanol–water partition coefficient (Wildman–Crippen LogP) is 1.45. The van der Waals surface area contributed by atoms with Gasteiger partial charge < -0.3 is 25.4 Å². The Morgan fingerprint density at radius 2 is 1.48 bits per heavy atom. The molecule has 1 aromatic rings. The van der Waals surface area contributed by atoms with Gasteiger partial charge in [-0.1, -0.05) is 18.2 Å². The average molecular weight is 326 g/mol. The minimum absolute atomic E-state index is 0.335. The average Bonchev–Trinajstić information content (AvgIpc) is 2.45. The van der Waals surface area contributed by atoms with Gasteiger partial charge in [0.25, 0.3) is 0 Å². The zero-order valence-electron chi connectivity index (χ0n) is 11.7. The Labute approximate surface area is 129 Å². The van der Waals surface area contributed by atoms with Crippen molar-refractivity contribution in [1.29, 1.82) is 5.41 Å². The van der Waals surface area contributed by atoms with Crippen LogP contribution >= 0.6 is 0 Å². The van der Waals surface area contributed by atoms with Crippen molar-refractivity contribution in [3.05, 3.63) is 35.9 Å². The maximum atomic E-state index is 10.5. The second kappa shape index (κ2) is 10.3. The van der Waals surface area contributed by atoms with E-state index in [0.29, 0.717) is 5.56 Å². The summed E-state index contributed by atoms with van der Waals surface area (Å²) in [5, 5.41) is 22.8. The van der Waals surface area contributed by atoms with Crippen molar-refractivity contribution in [2.24, 2.45) is 5.73 Å². The minimum atomic E-state index is -1.75. The largest absolute Gasteiger partial charge is 0.513 e. The Morgan fingerprint density at radius 3 is 1.87 bits per heavy atom.